The van der Waals surface area contributed by atoms with Crippen molar-refractivity contribution in [2.24, 2.45) is 23.7 Å². The fourth-order valence-corrected chi connectivity index (χ4v) is 7.87. The molecule has 6 nitrogen and oxygen atoms in total. The summed E-state index contributed by atoms with van der Waals surface area (Å²) in [6.45, 7) is 19.0. The van der Waals surface area contributed by atoms with Crippen molar-refractivity contribution < 1.29 is 28.2 Å². The van der Waals surface area contributed by atoms with Gasteiger partial charge in [0.05, 0.1) is 18.1 Å². The lowest BCUT2D eigenvalue weighted by Crippen LogP contribution is -2.53. The fraction of sp³-hybridized carbons (Fsp3) is 0.724. The summed E-state index contributed by atoms with van der Waals surface area (Å²) in [5.74, 6) is -0.840. The first-order valence-electron chi connectivity index (χ1n) is 13.3. The van der Waals surface area contributed by atoms with Crippen LogP contribution >= 0.6 is 0 Å². The minimum absolute atomic E-state index is 0.0173. The molecule has 36 heavy (non-hydrogen) atoms. The number of allylic oxidation sites excluding steroid dienone is 1. The highest BCUT2D eigenvalue weighted by Gasteiger charge is 2.64. The van der Waals surface area contributed by atoms with Gasteiger partial charge in [-0.15, -0.1) is 0 Å². The van der Waals surface area contributed by atoms with E-state index in [1.165, 1.54) is 0 Å². The van der Waals surface area contributed by atoms with Crippen LogP contribution in [0.2, 0.25) is 18.1 Å². The number of ketones is 1. The maximum absolute atomic E-state index is 13.5. The van der Waals surface area contributed by atoms with E-state index in [1.54, 1.807) is 7.11 Å². The van der Waals surface area contributed by atoms with Gasteiger partial charge in [0.15, 0.2) is 20.2 Å². The predicted octanol–water partition coefficient (Wildman–Crippen LogP) is 5.39. The molecule has 9 atom stereocenters. The lowest BCUT2D eigenvalue weighted by molar-refractivity contribution is -0.171. The third kappa shape index (κ3) is 4.30. The standard InChI is InChI=1S/C29H44O6Si/c1-16-14-22-21-12-11-20-15-23(32-8)27(31)33-26(19(4)35-36(9,10)28(5,6)7)17(2)13-18(3)29(20,34-22)24(21)25(16)30/h11-14,17,19-24,26H,15H2,1-10H3/t17-,19-,20-,21+,22+,23+,24+,26+,29+/m1/s1. The normalized spacial score (nSPS) is 39.7. The fourth-order valence-electron chi connectivity index (χ4n) is 6.46. The summed E-state index contributed by atoms with van der Waals surface area (Å²) < 4.78 is 25.3. The first-order chi connectivity index (χ1) is 16.6. The van der Waals surface area contributed by atoms with Crippen LogP contribution in [0.25, 0.3) is 0 Å². The van der Waals surface area contributed by atoms with Crippen molar-refractivity contribution in [2.75, 3.05) is 7.11 Å². The molecule has 0 amide bonds. The molecule has 1 spiro atoms. The lowest BCUT2D eigenvalue weighted by atomic mass is 9.60. The minimum Gasteiger partial charge on any atom is -0.457 e. The molecule has 0 aromatic heterocycles. The summed E-state index contributed by atoms with van der Waals surface area (Å²) in [5.41, 5.74) is 0.990. The van der Waals surface area contributed by atoms with Gasteiger partial charge in [-0.3, -0.25) is 4.79 Å². The van der Waals surface area contributed by atoms with Gasteiger partial charge >= 0.3 is 5.97 Å². The minimum atomic E-state index is -2.10. The Kier molecular flexibility index (Phi) is 7.13. The molecule has 4 aliphatic rings. The second-order valence-corrected chi connectivity index (χ2v) is 17.5. The van der Waals surface area contributed by atoms with Gasteiger partial charge in [0.2, 0.25) is 0 Å². The summed E-state index contributed by atoms with van der Waals surface area (Å²) >= 11 is 0. The van der Waals surface area contributed by atoms with Crippen molar-refractivity contribution in [3.05, 3.63) is 35.5 Å². The largest absolute Gasteiger partial charge is 0.457 e. The molecular weight excluding hydrogens is 472 g/mol. The van der Waals surface area contributed by atoms with Crippen LogP contribution in [0.3, 0.4) is 0 Å². The van der Waals surface area contributed by atoms with E-state index in [-0.39, 0.29) is 52.7 Å². The van der Waals surface area contributed by atoms with E-state index in [1.807, 2.05) is 19.9 Å². The number of cyclic esters (lactones) is 1. The zero-order chi connectivity index (χ0) is 26.8. The van der Waals surface area contributed by atoms with Crippen LogP contribution in [0.1, 0.15) is 54.9 Å². The molecule has 0 saturated carbocycles. The third-order valence-electron chi connectivity index (χ3n) is 9.42. The van der Waals surface area contributed by atoms with E-state index in [2.05, 4.69) is 65.9 Å². The lowest BCUT2D eigenvalue weighted by Gasteiger charge is -2.45. The second kappa shape index (κ2) is 9.33. The van der Waals surface area contributed by atoms with E-state index in [9.17, 15) is 9.59 Å². The summed E-state index contributed by atoms with van der Waals surface area (Å²) in [4.78, 5) is 27.0. The predicted molar refractivity (Wildman–Crippen MR) is 142 cm³/mol. The van der Waals surface area contributed by atoms with E-state index in [4.69, 9.17) is 18.6 Å². The van der Waals surface area contributed by atoms with Gasteiger partial charge in [-0.1, -0.05) is 45.9 Å². The van der Waals surface area contributed by atoms with Crippen LogP contribution in [-0.4, -0.2) is 57.2 Å². The first-order valence-corrected chi connectivity index (χ1v) is 16.2. The average Bonchev–Trinajstić information content (AvgIpc) is 2.92. The van der Waals surface area contributed by atoms with E-state index in [0.29, 0.717) is 6.42 Å². The van der Waals surface area contributed by atoms with Crippen molar-refractivity contribution >= 4 is 20.1 Å². The molecule has 2 aliphatic carbocycles. The number of hydrogen-bond donors (Lipinski definition) is 0. The van der Waals surface area contributed by atoms with E-state index in [0.717, 1.165) is 11.1 Å². The highest BCUT2D eigenvalue weighted by atomic mass is 28.4. The molecule has 0 aromatic carbocycles. The molecule has 0 aromatic rings. The zero-order valence-electron chi connectivity index (χ0n) is 23.6. The SMILES string of the molecule is CO[C@H]1C[C@H]2C=C[C@H]3[C@@H]4C=C(C)C(=O)[C@H]3[C@]2(O4)C(C)=C[C@@H](C)[C@@H]([C@@H](C)O[Si](C)(C)C(C)(C)C)OC1=O. The molecule has 4 rings (SSSR count). The zero-order valence-corrected chi connectivity index (χ0v) is 24.6. The first kappa shape index (κ1) is 27.5. The Bertz CT molecular complexity index is 1000. The molecule has 0 N–H and O–H groups in total. The van der Waals surface area contributed by atoms with Gasteiger partial charge in [0, 0.05) is 24.9 Å². The third-order valence-corrected chi connectivity index (χ3v) is 14.0. The monoisotopic (exact) mass is 516 g/mol. The maximum atomic E-state index is 13.5. The molecule has 200 valence electrons. The molecule has 2 aliphatic heterocycles. The van der Waals surface area contributed by atoms with E-state index < -0.39 is 26.1 Å². The number of esters is 1. The number of methoxy groups -OCH3 is 1. The molecule has 1 saturated heterocycles. The second-order valence-electron chi connectivity index (χ2n) is 12.8. The topological polar surface area (TPSA) is 71.1 Å². The van der Waals surface area contributed by atoms with Crippen molar-refractivity contribution in [1.29, 1.82) is 0 Å². The number of rotatable bonds is 4. The van der Waals surface area contributed by atoms with Crippen molar-refractivity contribution in [3.63, 3.8) is 0 Å². The maximum Gasteiger partial charge on any atom is 0.335 e. The molecule has 2 heterocycles. The van der Waals surface area contributed by atoms with Crippen molar-refractivity contribution in [1.82, 2.24) is 0 Å². The highest BCUT2D eigenvalue weighted by molar-refractivity contribution is 6.74. The van der Waals surface area contributed by atoms with Crippen LogP contribution in [0.5, 0.6) is 0 Å². The number of hydrogen-bond acceptors (Lipinski definition) is 6. The number of Topliss-reactive ketones (excluding diaryl/α,β-unsaturated/α-hetero) is 1. The molecule has 1 fully saturated rings. The summed E-state index contributed by atoms with van der Waals surface area (Å²) in [5, 5.41) is 0.0291. The molecule has 0 unspecified atom stereocenters. The highest BCUT2D eigenvalue weighted by Crippen LogP contribution is 2.58. The molecular formula is C29H44O6Si. The summed E-state index contributed by atoms with van der Waals surface area (Å²) in [7, 11) is -0.561. The Morgan fingerprint density at radius 2 is 1.81 bits per heavy atom. The Morgan fingerprint density at radius 3 is 2.42 bits per heavy atom. The Hall–Kier alpha value is -1.54. The van der Waals surface area contributed by atoms with Gasteiger partial charge < -0.3 is 18.6 Å². The van der Waals surface area contributed by atoms with Gasteiger partial charge in [-0.2, -0.15) is 0 Å². The van der Waals surface area contributed by atoms with E-state index >= 15 is 0 Å². The summed E-state index contributed by atoms with van der Waals surface area (Å²) in [6.07, 6.45) is 7.08. The van der Waals surface area contributed by atoms with Crippen LogP contribution in [0, 0.1) is 23.7 Å². The van der Waals surface area contributed by atoms with Crippen LogP contribution in [0.4, 0.5) is 0 Å². The molecule has 7 heteroatoms. The van der Waals surface area contributed by atoms with Gasteiger partial charge in [-0.25, -0.2) is 4.79 Å². The average molecular weight is 517 g/mol. The number of carbonyl (C=O) groups excluding carboxylic acids is 2. The Balaban J connectivity index is 1.77. The Labute approximate surface area is 217 Å². The quantitative estimate of drug-likeness (QED) is 0.283. The van der Waals surface area contributed by atoms with Gasteiger partial charge in [0.1, 0.15) is 11.7 Å². The van der Waals surface area contributed by atoms with Crippen LogP contribution in [0.15, 0.2) is 35.5 Å². The molecule has 0 radical (unpaired) electrons. The smallest absolute Gasteiger partial charge is 0.335 e. The Morgan fingerprint density at radius 1 is 1.14 bits per heavy atom. The van der Waals surface area contributed by atoms with Crippen molar-refractivity contribution in [3.8, 4) is 0 Å². The summed E-state index contributed by atoms with van der Waals surface area (Å²) in [6, 6.07) is 0. The van der Waals surface area contributed by atoms with Gasteiger partial charge in [0.25, 0.3) is 0 Å². The number of ether oxygens (including phenoxy) is 3. The van der Waals surface area contributed by atoms with Crippen LogP contribution in [-0.2, 0) is 28.2 Å². The molecule has 4 bridgehead atoms. The number of carbonyl (C=O) groups is 2. The van der Waals surface area contributed by atoms with Crippen LogP contribution < -0.4 is 0 Å². The van der Waals surface area contributed by atoms with Gasteiger partial charge in [-0.05, 0) is 62.5 Å². The van der Waals surface area contributed by atoms with Crippen molar-refractivity contribution in [2.45, 2.75) is 103 Å².